The number of carbonyl (C=O) groups is 2. The monoisotopic (exact) mass is 262 g/mol. The summed E-state index contributed by atoms with van der Waals surface area (Å²) in [4.78, 5) is 22.6. The zero-order valence-electron chi connectivity index (χ0n) is 10.9. The Bertz CT molecular complexity index is 439. The van der Waals surface area contributed by atoms with Gasteiger partial charge in [-0.1, -0.05) is 12.1 Å². The molecule has 0 saturated carbocycles. The molecule has 1 aliphatic heterocycles. The van der Waals surface area contributed by atoms with Gasteiger partial charge in [-0.3, -0.25) is 9.59 Å². The molecule has 1 saturated heterocycles. The molecule has 2 N–H and O–H groups in total. The quantitative estimate of drug-likeness (QED) is 0.780. The van der Waals surface area contributed by atoms with E-state index in [9.17, 15) is 9.59 Å². The topological polar surface area (TPSA) is 67.4 Å². The van der Waals surface area contributed by atoms with Gasteiger partial charge in [0.25, 0.3) is 5.91 Å². The van der Waals surface area contributed by atoms with Gasteiger partial charge >= 0.3 is 0 Å². The molecule has 1 aromatic rings. The van der Waals surface area contributed by atoms with E-state index in [2.05, 4.69) is 10.6 Å². The van der Waals surface area contributed by atoms with Crippen LogP contribution >= 0.6 is 0 Å². The molecule has 2 atom stereocenters. The van der Waals surface area contributed by atoms with Gasteiger partial charge in [0.1, 0.15) is 6.29 Å². The standard InChI is InChI=1S/C14H18N2O3/c1-10(13-8-15-6-7-19-13)16-14(18)12-4-2-11(9-17)3-5-12/h2-5,9-10,13,15H,6-8H2,1H3,(H,16,18). The normalized spacial score (nSPS) is 20.6. The lowest BCUT2D eigenvalue weighted by Crippen LogP contribution is -2.50. The number of morpholine rings is 1. The van der Waals surface area contributed by atoms with E-state index in [0.29, 0.717) is 17.7 Å². The average molecular weight is 262 g/mol. The van der Waals surface area contributed by atoms with E-state index in [0.717, 1.165) is 19.4 Å². The fraction of sp³-hybridized carbons (Fsp3) is 0.429. The van der Waals surface area contributed by atoms with E-state index in [1.54, 1.807) is 24.3 Å². The van der Waals surface area contributed by atoms with Crippen LogP contribution in [0.4, 0.5) is 0 Å². The van der Waals surface area contributed by atoms with Crippen LogP contribution in [0.25, 0.3) is 0 Å². The fourth-order valence-electron chi connectivity index (χ4n) is 2.00. The molecular formula is C14H18N2O3. The third kappa shape index (κ3) is 3.62. The van der Waals surface area contributed by atoms with Crippen LogP contribution in [0.5, 0.6) is 0 Å². The summed E-state index contributed by atoms with van der Waals surface area (Å²) in [5.74, 6) is -0.154. The van der Waals surface area contributed by atoms with Crippen LogP contribution in [-0.2, 0) is 4.74 Å². The highest BCUT2D eigenvalue weighted by molar-refractivity contribution is 5.95. The molecule has 2 unspecified atom stereocenters. The number of carbonyl (C=O) groups excluding carboxylic acids is 2. The van der Waals surface area contributed by atoms with Gasteiger partial charge in [-0.2, -0.15) is 0 Å². The van der Waals surface area contributed by atoms with E-state index >= 15 is 0 Å². The summed E-state index contributed by atoms with van der Waals surface area (Å²) < 4.78 is 5.59. The second kappa shape index (κ2) is 6.45. The Kier molecular flexibility index (Phi) is 4.65. The Morgan fingerprint density at radius 1 is 1.47 bits per heavy atom. The van der Waals surface area contributed by atoms with Crippen molar-refractivity contribution in [3.05, 3.63) is 35.4 Å². The minimum absolute atomic E-state index is 0.00746. The lowest BCUT2D eigenvalue weighted by molar-refractivity contribution is 0.00860. The highest BCUT2D eigenvalue weighted by Gasteiger charge is 2.22. The van der Waals surface area contributed by atoms with Gasteiger partial charge in [0.05, 0.1) is 18.8 Å². The number of rotatable bonds is 4. The average Bonchev–Trinajstić information content (AvgIpc) is 2.48. The molecule has 1 amide bonds. The van der Waals surface area contributed by atoms with Crippen molar-refractivity contribution in [1.82, 2.24) is 10.6 Å². The van der Waals surface area contributed by atoms with Crippen LogP contribution in [0.1, 0.15) is 27.6 Å². The summed E-state index contributed by atoms with van der Waals surface area (Å²) in [6.45, 7) is 4.18. The maximum absolute atomic E-state index is 12.0. The number of hydrogen-bond donors (Lipinski definition) is 2. The molecule has 102 valence electrons. The van der Waals surface area contributed by atoms with Crippen molar-refractivity contribution in [2.24, 2.45) is 0 Å². The molecule has 0 spiro atoms. The van der Waals surface area contributed by atoms with Crippen LogP contribution in [0.2, 0.25) is 0 Å². The van der Waals surface area contributed by atoms with E-state index in [4.69, 9.17) is 4.74 Å². The maximum Gasteiger partial charge on any atom is 0.251 e. The second-order valence-electron chi connectivity index (χ2n) is 4.62. The van der Waals surface area contributed by atoms with Gasteiger partial charge in [-0.05, 0) is 19.1 Å². The Morgan fingerprint density at radius 3 is 2.79 bits per heavy atom. The summed E-state index contributed by atoms with van der Waals surface area (Å²) in [5, 5.41) is 6.14. The van der Waals surface area contributed by atoms with Crippen LogP contribution in [0, 0.1) is 0 Å². The first kappa shape index (κ1) is 13.7. The fourth-order valence-corrected chi connectivity index (χ4v) is 2.00. The van der Waals surface area contributed by atoms with Crippen molar-refractivity contribution in [1.29, 1.82) is 0 Å². The Hall–Kier alpha value is -1.72. The van der Waals surface area contributed by atoms with Gasteiger partial charge in [0.15, 0.2) is 0 Å². The Labute approximate surface area is 112 Å². The maximum atomic E-state index is 12.0. The Balaban J connectivity index is 1.93. The molecule has 1 fully saturated rings. The van der Waals surface area contributed by atoms with E-state index in [-0.39, 0.29) is 18.1 Å². The van der Waals surface area contributed by atoms with Gasteiger partial charge in [-0.25, -0.2) is 0 Å². The van der Waals surface area contributed by atoms with Gasteiger partial charge in [0, 0.05) is 24.2 Å². The third-order valence-electron chi connectivity index (χ3n) is 3.18. The molecule has 1 aliphatic rings. The van der Waals surface area contributed by atoms with Gasteiger partial charge in [-0.15, -0.1) is 0 Å². The summed E-state index contributed by atoms with van der Waals surface area (Å²) in [6, 6.07) is 6.49. The first-order chi connectivity index (χ1) is 9.20. The molecule has 0 bridgehead atoms. The number of amides is 1. The number of hydrogen-bond acceptors (Lipinski definition) is 4. The van der Waals surface area contributed by atoms with Crippen molar-refractivity contribution >= 4 is 12.2 Å². The van der Waals surface area contributed by atoms with E-state index < -0.39 is 0 Å². The van der Waals surface area contributed by atoms with Crippen molar-refractivity contribution in [3.63, 3.8) is 0 Å². The first-order valence-electron chi connectivity index (χ1n) is 6.39. The van der Waals surface area contributed by atoms with Crippen molar-refractivity contribution in [2.45, 2.75) is 19.1 Å². The summed E-state index contributed by atoms with van der Waals surface area (Å²) in [5.41, 5.74) is 1.10. The van der Waals surface area contributed by atoms with Crippen molar-refractivity contribution in [2.75, 3.05) is 19.7 Å². The molecule has 0 aliphatic carbocycles. The minimum atomic E-state index is -0.154. The zero-order valence-corrected chi connectivity index (χ0v) is 10.9. The lowest BCUT2D eigenvalue weighted by Gasteiger charge is -2.29. The van der Waals surface area contributed by atoms with Crippen LogP contribution in [0.15, 0.2) is 24.3 Å². The summed E-state index contributed by atoms with van der Waals surface area (Å²) in [6.07, 6.45) is 0.748. The molecule has 5 heteroatoms. The molecule has 2 rings (SSSR count). The highest BCUT2D eigenvalue weighted by Crippen LogP contribution is 2.06. The molecule has 5 nitrogen and oxygen atoms in total. The molecule has 1 heterocycles. The van der Waals surface area contributed by atoms with Crippen LogP contribution < -0.4 is 10.6 Å². The third-order valence-corrected chi connectivity index (χ3v) is 3.18. The summed E-state index contributed by atoms with van der Waals surface area (Å²) >= 11 is 0. The molecule has 1 aromatic carbocycles. The SMILES string of the molecule is CC(NC(=O)c1ccc(C=O)cc1)C1CNCCO1. The molecule has 0 aromatic heterocycles. The van der Waals surface area contributed by atoms with Crippen molar-refractivity contribution < 1.29 is 14.3 Å². The van der Waals surface area contributed by atoms with Gasteiger partial charge in [0.2, 0.25) is 0 Å². The highest BCUT2D eigenvalue weighted by atomic mass is 16.5. The summed E-state index contributed by atoms with van der Waals surface area (Å²) in [7, 11) is 0. The van der Waals surface area contributed by atoms with Gasteiger partial charge < -0.3 is 15.4 Å². The first-order valence-corrected chi connectivity index (χ1v) is 6.39. The van der Waals surface area contributed by atoms with Crippen molar-refractivity contribution in [3.8, 4) is 0 Å². The van der Waals surface area contributed by atoms with E-state index in [1.165, 1.54) is 0 Å². The largest absolute Gasteiger partial charge is 0.373 e. The van der Waals surface area contributed by atoms with Crippen LogP contribution in [0.3, 0.4) is 0 Å². The predicted molar refractivity (Wildman–Crippen MR) is 71.4 cm³/mol. The molecule has 0 radical (unpaired) electrons. The number of benzene rings is 1. The second-order valence-corrected chi connectivity index (χ2v) is 4.62. The number of nitrogens with one attached hydrogen (secondary N) is 2. The minimum Gasteiger partial charge on any atom is -0.373 e. The van der Waals surface area contributed by atoms with Crippen LogP contribution in [-0.4, -0.2) is 44.0 Å². The predicted octanol–water partition coefficient (Wildman–Crippen LogP) is 0.606. The smallest absolute Gasteiger partial charge is 0.251 e. The lowest BCUT2D eigenvalue weighted by atomic mass is 10.1. The van der Waals surface area contributed by atoms with E-state index in [1.807, 2.05) is 6.92 Å². The Morgan fingerprint density at radius 2 is 2.21 bits per heavy atom. The molecular weight excluding hydrogens is 244 g/mol. The zero-order chi connectivity index (χ0) is 13.7. The molecule has 19 heavy (non-hydrogen) atoms. The number of aldehydes is 1. The number of ether oxygens (including phenoxy) is 1.